The Kier molecular flexibility index (Phi) is 6.71. The van der Waals surface area contributed by atoms with Crippen LogP contribution in [0, 0.1) is 11.7 Å². The van der Waals surface area contributed by atoms with E-state index in [-0.39, 0.29) is 24.4 Å². The van der Waals surface area contributed by atoms with Crippen LogP contribution in [0.1, 0.15) is 36.2 Å². The Balaban J connectivity index is 1.47. The molecule has 1 N–H and O–H groups in total. The number of thiophene rings is 1. The van der Waals surface area contributed by atoms with Crippen LogP contribution in [-0.2, 0) is 11.2 Å². The number of amides is 1. The lowest BCUT2D eigenvalue weighted by Crippen LogP contribution is -2.48. The average Bonchev–Trinajstić information content (AvgIpc) is 3.37. The van der Waals surface area contributed by atoms with Crippen molar-refractivity contribution in [2.45, 2.75) is 38.3 Å². The second kappa shape index (κ2) is 9.45. The van der Waals surface area contributed by atoms with Gasteiger partial charge in [0.05, 0.1) is 18.7 Å². The van der Waals surface area contributed by atoms with Gasteiger partial charge in [-0.2, -0.15) is 0 Å². The molecule has 1 aliphatic heterocycles. The van der Waals surface area contributed by atoms with E-state index in [0.717, 1.165) is 18.5 Å². The third kappa shape index (κ3) is 5.39. The number of nitrogens with zero attached hydrogens (tertiary/aromatic N) is 2. The van der Waals surface area contributed by atoms with Crippen LogP contribution in [0.3, 0.4) is 0 Å². The Labute approximate surface area is 181 Å². The monoisotopic (exact) mass is 432 g/mol. The van der Waals surface area contributed by atoms with Crippen molar-refractivity contribution < 1.29 is 19.0 Å². The maximum absolute atomic E-state index is 13.5. The number of rotatable bonds is 9. The Morgan fingerprint density at radius 2 is 2.23 bits per heavy atom. The zero-order chi connectivity index (χ0) is 21.1. The topological polar surface area (TPSA) is 53.0 Å². The van der Waals surface area contributed by atoms with Crippen LogP contribution in [0.5, 0.6) is 5.75 Å². The molecule has 4 rings (SSSR count). The molecule has 2 atom stereocenters. The second-order valence-electron chi connectivity index (χ2n) is 8.41. The summed E-state index contributed by atoms with van der Waals surface area (Å²) in [7, 11) is 0. The van der Waals surface area contributed by atoms with Crippen LogP contribution in [0.25, 0.3) is 0 Å². The van der Waals surface area contributed by atoms with Crippen molar-refractivity contribution in [1.29, 1.82) is 0 Å². The van der Waals surface area contributed by atoms with E-state index < -0.39 is 6.10 Å². The van der Waals surface area contributed by atoms with E-state index in [1.807, 2.05) is 4.90 Å². The largest absolute Gasteiger partial charge is 0.491 e. The van der Waals surface area contributed by atoms with E-state index >= 15 is 0 Å². The molecule has 1 saturated carbocycles. The molecule has 30 heavy (non-hydrogen) atoms. The predicted molar refractivity (Wildman–Crippen MR) is 115 cm³/mol. The fourth-order valence-corrected chi connectivity index (χ4v) is 5.06. The van der Waals surface area contributed by atoms with Crippen LogP contribution in [0.4, 0.5) is 4.39 Å². The molecule has 0 bridgehead atoms. The van der Waals surface area contributed by atoms with Crippen LogP contribution in [0.2, 0.25) is 0 Å². The molecule has 2 aromatic rings. The molecule has 1 aromatic heterocycles. The highest BCUT2D eigenvalue weighted by molar-refractivity contribution is 7.10. The standard InChI is InChI=1S/C23H29FN2O3S/c1-16(27)12-25(13-17-5-6-17)14-23(28)26-9-7-22-20(8-10-30-22)21(26)15-29-19-4-2-3-18(24)11-19/h2-4,8,10-11,16-17,21,27H,5-7,9,12-15H2,1H3/t16-,21-/m1/s1. The van der Waals surface area contributed by atoms with Gasteiger partial charge in [0, 0.05) is 30.6 Å². The van der Waals surface area contributed by atoms with Crippen molar-refractivity contribution in [2.75, 3.05) is 32.8 Å². The van der Waals surface area contributed by atoms with Crippen LogP contribution in [0.15, 0.2) is 35.7 Å². The lowest BCUT2D eigenvalue weighted by molar-refractivity contribution is -0.136. The number of aliphatic hydroxyl groups excluding tert-OH is 1. The van der Waals surface area contributed by atoms with E-state index in [9.17, 15) is 14.3 Å². The number of ether oxygens (including phenoxy) is 1. The summed E-state index contributed by atoms with van der Waals surface area (Å²) >= 11 is 1.71. The van der Waals surface area contributed by atoms with Gasteiger partial charge in [0.1, 0.15) is 18.2 Å². The van der Waals surface area contributed by atoms with Crippen molar-refractivity contribution in [1.82, 2.24) is 9.80 Å². The molecule has 162 valence electrons. The summed E-state index contributed by atoms with van der Waals surface area (Å²) in [4.78, 5) is 18.6. The Morgan fingerprint density at radius 1 is 1.40 bits per heavy atom. The molecular weight excluding hydrogens is 403 g/mol. The van der Waals surface area contributed by atoms with Gasteiger partial charge in [0.25, 0.3) is 0 Å². The first-order valence-electron chi connectivity index (χ1n) is 10.6. The molecule has 0 radical (unpaired) electrons. The molecule has 2 heterocycles. The van der Waals surface area contributed by atoms with E-state index in [1.165, 1.54) is 29.9 Å². The minimum atomic E-state index is -0.464. The number of carbonyl (C=O) groups is 1. The third-order valence-electron chi connectivity index (χ3n) is 5.71. The number of benzene rings is 1. The van der Waals surface area contributed by atoms with Gasteiger partial charge in [-0.25, -0.2) is 4.39 Å². The Hall–Kier alpha value is -1.96. The molecule has 0 unspecified atom stereocenters. The summed E-state index contributed by atoms with van der Waals surface area (Å²) in [6, 6.07) is 7.98. The highest BCUT2D eigenvalue weighted by Crippen LogP contribution is 2.34. The zero-order valence-corrected chi connectivity index (χ0v) is 18.1. The lowest BCUT2D eigenvalue weighted by atomic mass is 10.0. The van der Waals surface area contributed by atoms with Gasteiger partial charge < -0.3 is 14.7 Å². The SMILES string of the molecule is C[C@@H](O)CN(CC(=O)N1CCc2sccc2[C@H]1COc1cccc(F)c1)CC1CC1. The number of aliphatic hydroxyl groups is 1. The van der Waals surface area contributed by atoms with Gasteiger partial charge in [0.15, 0.2) is 0 Å². The molecule has 2 aliphatic rings. The maximum Gasteiger partial charge on any atom is 0.237 e. The van der Waals surface area contributed by atoms with Crippen LogP contribution >= 0.6 is 11.3 Å². The summed E-state index contributed by atoms with van der Waals surface area (Å²) in [6.07, 6.45) is 2.79. The quantitative estimate of drug-likeness (QED) is 0.659. The molecule has 5 nitrogen and oxygen atoms in total. The van der Waals surface area contributed by atoms with Gasteiger partial charge in [0.2, 0.25) is 5.91 Å². The molecule has 1 fully saturated rings. The molecular formula is C23H29FN2O3S. The number of carbonyl (C=O) groups excluding carboxylic acids is 1. The Bertz CT molecular complexity index is 864. The number of hydrogen-bond acceptors (Lipinski definition) is 5. The maximum atomic E-state index is 13.5. The highest BCUT2D eigenvalue weighted by atomic mass is 32.1. The molecule has 1 aliphatic carbocycles. The Morgan fingerprint density at radius 3 is 2.97 bits per heavy atom. The summed E-state index contributed by atoms with van der Waals surface area (Å²) < 4.78 is 19.4. The summed E-state index contributed by atoms with van der Waals surface area (Å²) in [5.41, 5.74) is 1.13. The van der Waals surface area contributed by atoms with Crippen LogP contribution in [-0.4, -0.2) is 59.7 Å². The summed E-state index contributed by atoms with van der Waals surface area (Å²) in [5, 5.41) is 11.9. The van der Waals surface area contributed by atoms with Crippen molar-refractivity contribution in [3.8, 4) is 5.75 Å². The minimum Gasteiger partial charge on any atom is -0.491 e. The van der Waals surface area contributed by atoms with Crippen molar-refractivity contribution in [3.05, 3.63) is 52.0 Å². The average molecular weight is 433 g/mol. The van der Waals surface area contributed by atoms with Crippen molar-refractivity contribution in [3.63, 3.8) is 0 Å². The van der Waals surface area contributed by atoms with Gasteiger partial charge >= 0.3 is 0 Å². The van der Waals surface area contributed by atoms with Crippen LogP contribution < -0.4 is 4.74 Å². The number of hydrogen-bond donors (Lipinski definition) is 1. The van der Waals surface area contributed by atoms with Gasteiger partial charge in [-0.15, -0.1) is 11.3 Å². The van der Waals surface area contributed by atoms with Crippen molar-refractivity contribution in [2.24, 2.45) is 5.92 Å². The third-order valence-corrected chi connectivity index (χ3v) is 6.71. The highest BCUT2D eigenvalue weighted by Gasteiger charge is 2.34. The normalized spacial score (nSPS) is 19.6. The van der Waals surface area contributed by atoms with Gasteiger partial charge in [-0.1, -0.05) is 6.07 Å². The molecule has 1 amide bonds. The molecule has 0 saturated heterocycles. The molecule has 0 spiro atoms. The smallest absolute Gasteiger partial charge is 0.237 e. The van der Waals surface area contributed by atoms with E-state index in [0.29, 0.717) is 31.3 Å². The second-order valence-corrected chi connectivity index (χ2v) is 9.41. The minimum absolute atomic E-state index is 0.0565. The van der Waals surface area contributed by atoms with Gasteiger partial charge in [-0.05, 0) is 61.2 Å². The fraction of sp³-hybridized carbons (Fsp3) is 0.522. The van der Waals surface area contributed by atoms with Gasteiger partial charge in [-0.3, -0.25) is 9.69 Å². The summed E-state index contributed by atoms with van der Waals surface area (Å²) in [6.45, 7) is 4.37. The first kappa shape index (κ1) is 21.3. The zero-order valence-electron chi connectivity index (χ0n) is 17.3. The lowest BCUT2D eigenvalue weighted by Gasteiger charge is -2.37. The van der Waals surface area contributed by atoms with E-state index in [1.54, 1.807) is 30.4 Å². The number of halogens is 1. The predicted octanol–water partition coefficient (Wildman–Crippen LogP) is 3.48. The van der Waals surface area contributed by atoms with Crippen molar-refractivity contribution >= 4 is 17.2 Å². The fourth-order valence-electron chi connectivity index (χ4n) is 4.13. The van der Waals surface area contributed by atoms with E-state index in [4.69, 9.17) is 4.74 Å². The summed E-state index contributed by atoms with van der Waals surface area (Å²) in [5.74, 6) is 0.831. The van der Waals surface area contributed by atoms with E-state index in [2.05, 4.69) is 16.3 Å². The molecule has 7 heteroatoms. The molecule has 1 aromatic carbocycles. The first-order valence-corrected chi connectivity index (χ1v) is 11.5. The number of fused-ring (bicyclic) bond motifs is 1. The first-order chi connectivity index (χ1) is 14.5.